The van der Waals surface area contributed by atoms with Crippen molar-refractivity contribution in [2.75, 3.05) is 11.5 Å². The second-order valence-electron chi connectivity index (χ2n) is 2.66. The summed E-state index contributed by atoms with van der Waals surface area (Å²) in [5.41, 5.74) is 5.63. The highest BCUT2D eigenvalue weighted by Crippen LogP contribution is 2.20. The number of phenols is 1. The molecule has 5 nitrogen and oxygen atoms in total. The first kappa shape index (κ1) is 10.7. The fourth-order valence-corrected chi connectivity index (χ4v) is 1.31. The summed E-state index contributed by atoms with van der Waals surface area (Å²) in [7, 11) is 0. The Morgan fingerprint density at radius 2 is 2.14 bits per heavy atom. The Bertz CT molecular complexity index is 391. The Labute approximate surface area is 82.8 Å². The summed E-state index contributed by atoms with van der Waals surface area (Å²) in [6, 6.07) is 3.88. The van der Waals surface area contributed by atoms with Gasteiger partial charge in [0.2, 0.25) is 0 Å². The molecule has 0 bridgehead atoms. The highest BCUT2D eigenvalue weighted by atomic mass is 32.2. The summed E-state index contributed by atoms with van der Waals surface area (Å²) in [5, 5.41) is 9.06. The SMILES string of the molecule is Nc1cc(C(=O)CS(=O)O)ccc1O. The summed E-state index contributed by atoms with van der Waals surface area (Å²) in [6.45, 7) is 0. The highest BCUT2D eigenvalue weighted by Gasteiger charge is 2.10. The van der Waals surface area contributed by atoms with Gasteiger partial charge in [0.25, 0.3) is 0 Å². The summed E-state index contributed by atoms with van der Waals surface area (Å²) in [5.74, 6) is -1.08. The van der Waals surface area contributed by atoms with Gasteiger partial charge in [-0.2, -0.15) is 0 Å². The van der Waals surface area contributed by atoms with Gasteiger partial charge in [-0.25, -0.2) is 4.21 Å². The van der Waals surface area contributed by atoms with Crippen LogP contribution in [0.1, 0.15) is 10.4 Å². The van der Waals surface area contributed by atoms with Crippen molar-refractivity contribution < 1.29 is 18.7 Å². The third-order valence-electron chi connectivity index (χ3n) is 1.60. The van der Waals surface area contributed by atoms with E-state index in [2.05, 4.69) is 0 Å². The van der Waals surface area contributed by atoms with Crippen LogP contribution in [0.15, 0.2) is 18.2 Å². The fourth-order valence-electron chi connectivity index (χ4n) is 0.923. The number of benzene rings is 1. The normalized spacial score (nSPS) is 12.4. The second kappa shape index (κ2) is 4.21. The van der Waals surface area contributed by atoms with Crippen LogP contribution in [0.4, 0.5) is 5.69 Å². The molecule has 1 rings (SSSR count). The lowest BCUT2D eigenvalue weighted by Crippen LogP contribution is -2.10. The van der Waals surface area contributed by atoms with E-state index in [4.69, 9.17) is 15.4 Å². The van der Waals surface area contributed by atoms with Crippen LogP contribution < -0.4 is 5.73 Å². The highest BCUT2D eigenvalue weighted by molar-refractivity contribution is 7.80. The number of ketones is 1. The molecule has 1 aromatic carbocycles. The van der Waals surface area contributed by atoms with Crippen LogP contribution in [0, 0.1) is 0 Å². The van der Waals surface area contributed by atoms with Crippen LogP contribution in [0.2, 0.25) is 0 Å². The number of anilines is 1. The van der Waals surface area contributed by atoms with Crippen LogP contribution in [0.5, 0.6) is 5.75 Å². The van der Waals surface area contributed by atoms with E-state index < -0.39 is 22.6 Å². The van der Waals surface area contributed by atoms with Gasteiger partial charge in [0.05, 0.1) is 5.69 Å². The Hall–Kier alpha value is -1.40. The molecule has 0 aliphatic carbocycles. The molecule has 0 aromatic heterocycles. The number of hydrogen-bond acceptors (Lipinski definition) is 4. The molecule has 1 atom stereocenters. The Morgan fingerprint density at radius 1 is 1.50 bits per heavy atom. The lowest BCUT2D eigenvalue weighted by Gasteiger charge is -2.01. The summed E-state index contributed by atoms with van der Waals surface area (Å²) < 4.78 is 18.8. The van der Waals surface area contributed by atoms with E-state index in [-0.39, 0.29) is 17.0 Å². The number of hydrogen-bond donors (Lipinski definition) is 3. The van der Waals surface area contributed by atoms with E-state index in [9.17, 15) is 9.00 Å². The van der Waals surface area contributed by atoms with Gasteiger partial charge < -0.3 is 15.4 Å². The minimum Gasteiger partial charge on any atom is -0.506 e. The van der Waals surface area contributed by atoms with E-state index >= 15 is 0 Å². The Kier molecular flexibility index (Phi) is 3.21. The maximum atomic E-state index is 11.2. The van der Waals surface area contributed by atoms with Gasteiger partial charge in [0.15, 0.2) is 16.9 Å². The van der Waals surface area contributed by atoms with Crippen LogP contribution in [-0.4, -0.2) is 25.4 Å². The average Bonchev–Trinajstić information content (AvgIpc) is 2.08. The van der Waals surface area contributed by atoms with Gasteiger partial charge in [-0.3, -0.25) is 4.79 Å². The van der Waals surface area contributed by atoms with Crippen molar-refractivity contribution in [3.8, 4) is 5.75 Å². The number of phenolic OH excluding ortho intramolecular Hbond substituents is 1. The standard InChI is InChI=1S/C8H9NO4S/c9-6-3-5(1-2-7(6)10)8(11)4-14(12)13/h1-3,10H,4,9H2,(H,12,13). The number of nitrogens with two attached hydrogens (primary N) is 1. The third-order valence-corrected chi connectivity index (χ3v) is 2.11. The Balaban J connectivity index is 2.91. The van der Waals surface area contributed by atoms with E-state index in [1.54, 1.807) is 0 Å². The predicted octanol–water partition coefficient (Wildman–Crippen LogP) is 0.379. The fraction of sp³-hybridized carbons (Fsp3) is 0.125. The molecular weight excluding hydrogens is 206 g/mol. The predicted molar refractivity (Wildman–Crippen MR) is 52.5 cm³/mol. The molecule has 0 saturated carbocycles. The van der Waals surface area contributed by atoms with Crippen LogP contribution in [0.3, 0.4) is 0 Å². The lowest BCUT2D eigenvalue weighted by molar-refractivity contribution is 0.102. The number of Topliss-reactive ketones (excluding diaryl/α,β-unsaturated/α-hetero) is 1. The molecule has 0 amide bonds. The first-order valence-electron chi connectivity index (χ1n) is 3.70. The molecule has 0 aliphatic rings. The van der Waals surface area contributed by atoms with Crippen molar-refractivity contribution >= 4 is 22.6 Å². The zero-order valence-electron chi connectivity index (χ0n) is 7.14. The van der Waals surface area contributed by atoms with Gasteiger partial charge in [0.1, 0.15) is 11.5 Å². The quantitative estimate of drug-likeness (QED) is 0.293. The van der Waals surface area contributed by atoms with E-state index in [1.807, 2.05) is 0 Å². The van der Waals surface area contributed by atoms with Crippen molar-refractivity contribution in [2.45, 2.75) is 0 Å². The largest absolute Gasteiger partial charge is 0.506 e. The summed E-state index contributed by atoms with van der Waals surface area (Å²) in [6.07, 6.45) is 0. The molecule has 0 spiro atoms. The number of nitrogen functional groups attached to an aromatic ring is 1. The summed E-state index contributed by atoms with van der Waals surface area (Å²) in [4.78, 5) is 11.2. The maximum Gasteiger partial charge on any atom is 0.177 e. The molecule has 0 fully saturated rings. The molecule has 1 unspecified atom stereocenters. The number of carbonyl (C=O) groups is 1. The molecule has 4 N–H and O–H groups in total. The van der Waals surface area contributed by atoms with Gasteiger partial charge in [-0.1, -0.05) is 0 Å². The zero-order chi connectivity index (χ0) is 10.7. The second-order valence-corrected chi connectivity index (χ2v) is 3.59. The molecule has 76 valence electrons. The minimum atomic E-state index is -2.16. The van der Waals surface area contributed by atoms with Gasteiger partial charge >= 0.3 is 0 Å². The monoisotopic (exact) mass is 215 g/mol. The van der Waals surface area contributed by atoms with Crippen molar-refractivity contribution in [3.05, 3.63) is 23.8 Å². The first-order chi connectivity index (χ1) is 6.50. The molecule has 14 heavy (non-hydrogen) atoms. The van der Waals surface area contributed by atoms with Gasteiger partial charge in [0, 0.05) is 5.56 Å². The molecule has 1 aromatic rings. The van der Waals surface area contributed by atoms with Gasteiger partial charge in [-0.15, -0.1) is 0 Å². The molecule has 0 heterocycles. The molecule has 0 aliphatic heterocycles. The van der Waals surface area contributed by atoms with Gasteiger partial charge in [-0.05, 0) is 18.2 Å². The number of aromatic hydroxyl groups is 1. The molecule has 6 heteroatoms. The van der Waals surface area contributed by atoms with Crippen LogP contribution in [-0.2, 0) is 11.1 Å². The number of rotatable bonds is 3. The lowest BCUT2D eigenvalue weighted by atomic mass is 10.1. The summed E-state index contributed by atoms with van der Waals surface area (Å²) >= 11 is -2.16. The molecule has 0 saturated heterocycles. The smallest absolute Gasteiger partial charge is 0.177 e. The van der Waals surface area contributed by atoms with Crippen molar-refractivity contribution in [1.82, 2.24) is 0 Å². The molecular formula is C8H9NO4S. The third kappa shape index (κ3) is 2.54. The molecule has 0 radical (unpaired) electrons. The van der Waals surface area contributed by atoms with Crippen LogP contribution >= 0.6 is 0 Å². The minimum absolute atomic E-state index is 0.0690. The van der Waals surface area contributed by atoms with E-state index in [1.165, 1.54) is 18.2 Å². The Morgan fingerprint density at radius 3 is 2.64 bits per heavy atom. The van der Waals surface area contributed by atoms with Crippen molar-refractivity contribution in [2.24, 2.45) is 0 Å². The van der Waals surface area contributed by atoms with E-state index in [0.29, 0.717) is 0 Å². The van der Waals surface area contributed by atoms with Crippen molar-refractivity contribution in [1.29, 1.82) is 0 Å². The first-order valence-corrected chi connectivity index (χ1v) is 4.97. The van der Waals surface area contributed by atoms with E-state index in [0.717, 1.165) is 0 Å². The zero-order valence-corrected chi connectivity index (χ0v) is 7.95. The topological polar surface area (TPSA) is 101 Å². The number of carbonyl (C=O) groups excluding carboxylic acids is 1. The average molecular weight is 215 g/mol. The maximum absolute atomic E-state index is 11.2. The van der Waals surface area contributed by atoms with Crippen LogP contribution in [0.25, 0.3) is 0 Å². The van der Waals surface area contributed by atoms with Crippen molar-refractivity contribution in [3.63, 3.8) is 0 Å².